The molecular weight excluding hydrogens is 559 g/mol. The van der Waals surface area contributed by atoms with E-state index in [1.165, 1.54) is 0 Å². The number of esters is 1. The third-order valence-corrected chi connectivity index (χ3v) is 6.37. The Bertz CT molecular complexity index is 472. The summed E-state index contributed by atoms with van der Waals surface area (Å²) in [6, 6.07) is 3.94. The van der Waals surface area contributed by atoms with Crippen molar-refractivity contribution < 1.29 is 14.8 Å². The molecule has 0 atom stereocenters. The standard InChI is InChI=1S/C11H10I3NO2/c1-11(4-15-5-11)17-10(16)7-2-6(12)3-8(13)9(7)14/h2-3,15H,4-5H2,1H3/p+1. The summed E-state index contributed by atoms with van der Waals surface area (Å²) in [4.78, 5) is 12.1. The Hall–Kier alpha value is 0.840. The lowest BCUT2D eigenvalue weighted by molar-refractivity contribution is -0.738. The van der Waals surface area contributed by atoms with Gasteiger partial charge in [0, 0.05) is 10.7 Å². The van der Waals surface area contributed by atoms with Crippen LogP contribution in [0.2, 0.25) is 0 Å². The van der Waals surface area contributed by atoms with E-state index in [9.17, 15) is 4.79 Å². The van der Waals surface area contributed by atoms with Gasteiger partial charge in [0.1, 0.15) is 13.1 Å². The number of hydrogen-bond donors (Lipinski definition) is 1. The van der Waals surface area contributed by atoms with E-state index in [2.05, 4.69) is 79.2 Å². The summed E-state index contributed by atoms with van der Waals surface area (Å²) in [7, 11) is 0. The highest BCUT2D eigenvalue weighted by Gasteiger charge is 2.41. The number of carbonyl (C=O) groups excluding carboxylic acids is 1. The minimum atomic E-state index is -0.285. The first-order valence-corrected chi connectivity index (χ1v) is 8.34. The van der Waals surface area contributed by atoms with Crippen molar-refractivity contribution in [3.8, 4) is 0 Å². The van der Waals surface area contributed by atoms with Crippen LogP contribution >= 0.6 is 67.8 Å². The molecule has 0 unspecified atom stereocenters. The lowest BCUT2D eigenvalue weighted by Crippen LogP contribution is -3.02. The van der Waals surface area contributed by atoms with E-state index in [-0.39, 0.29) is 11.6 Å². The molecule has 2 rings (SSSR count). The minimum Gasteiger partial charge on any atom is -0.444 e. The number of carbonyl (C=O) groups is 1. The maximum absolute atomic E-state index is 12.1. The molecule has 1 aliphatic rings. The van der Waals surface area contributed by atoms with Gasteiger partial charge in [-0.2, -0.15) is 0 Å². The van der Waals surface area contributed by atoms with Crippen LogP contribution in [0.3, 0.4) is 0 Å². The van der Waals surface area contributed by atoms with Gasteiger partial charge in [0.25, 0.3) is 0 Å². The smallest absolute Gasteiger partial charge is 0.340 e. The first-order chi connectivity index (χ1) is 7.91. The van der Waals surface area contributed by atoms with Crippen molar-refractivity contribution in [2.75, 3.05) is 13.1 Å². The maximum atomic E-state index is 12.1. The number of quaternary nitrogens is 1. The van der Waals surface area contributed by atoms with Gasteiger partial charge in [0.05, 0.1) is 5.56 Å². The SMILES string of the molecule is CC1(OC(=O)c2cc(I)cc(I)c2I)C[NH2+]C1. The fraction of sp³-hybridized carbons (Fsp3) is 0.364. The molecule has 0 aliphatic carbocycles. The number of hydrogen-bond acceptors (Lipinski definition) is 2. The molecule has 17 heavy (non-hydrogen) atoms. The fourth-order valence-corrected chi connectivity index (χ4v) is 3.99. The Labute approximate surface area is 141 Å². The van der Waals surface area contributed by atoms with E-state index in [0.717, 1.165) is 23.8 Å². The van der Waals surface area contributed by atoms with Gasteiger partial charge in [0.2, 0.25) is 5.60 Å². The van der Waals surface area contributed by atoms with Crippen LogP contribution < -0.4 is 5.32 Å². The Kier molecular flexibility index (Phi) is 4.57. The second-order valence-electron chi connectivity index (χ2n) is 4.29. The molecule has 1 aromatic carbocycles. The number of benzene rings is 1. The summed E-state index contributed by atoms with van der Waals surface area (Å²) in [6.45, 7) is 3.70. The van der Waals surface area contributed by atoms with Crippen molar-refractivity contribution >= 4 is 73.7 Å². The molecule has 0 radical (unpaired) electrons. The third kappa shape index (κ3) is 3.24. The van der Waals surface area contributed by atoms with E-state index >= 15 is 0 Å². The third-order valence-electron chi connectivity index (χ3n) is 2.70. The number of nitrogens with two attached hydrogens (primary N) is 1. The van der Waals surface area contributed by atoms with Crippen molar-refractivity contribution in [1.82, 2.24) is 0 Å². The average molecular weight is 570 g/mol. The number of ether oxygens (including phenoxy) is 1. The number of halogens is 3. The van der Waals surface area contributed by atoms with Crippen molar-refractivity contribution in [1.29, 1.82) is 0 Å². The van der Waals surface area contributed by atoms with Crippen LogP contribution in [0.1, 0.15) is 17.3 Å². The Balaban J connectivity index is 2.24. The summed E-state index contributed by atoms with van der Waals surface area (Å²) >= 11 is 6.66. The molecule has 1 heterocycles. The lowest BCUT2D eigenvalue weighted by Gasteiger charge is -2.34. The molecule has 0 spiro atoms. The van der Waals surface area contributed by atoms with Crippen LogP contribution in [0.5, 0.6) is 0 Å². The predicted molar refractivity (Wildman–Crippen MR) is 90.1 cm³/mol. The zero-order valence-corrected chi connectivity index (χ0v) is 15.6. The summed E-state index contributed by atoms with van der Waals surface area (Å²) in [5, 5.41) is 2.14. The van der Waals surface area contributed by atoms with Crippen LogP contribution in [0.25, 0.3) is 0 Å². The molecule has 6 heteroatoms. The van der Waals surface area contributed by atoms with Gasteiger partial charge in [-0.05, 0) is 86.8 Å². The molecule has 0 aromatic heterocycles. The van der Waals surface area contributed by atoms with E-state index in [0.29, 0.717) is 5.56 Å². The molecule has 2 N–H and O–H groups in total. The molecule has 3 nitrogen and oxygen atoms in total. The van der Waals surface area contributed by atoms with Crippen LogP contribution in [0.15, 0.2) is 12.1 Å². The van der Waals surface area contributed by atoms with Crippen LogP contribution in [-0.2, 0) is 4.74 Å². The van der Waals surface area contributed by atoms with Gasteiger partial charge in [-0.1, -0.05) is 0 Å². The first-order valence-electron chi connectivity index (χ1n) is 5.11. The molecule has 0 bridgehead atoms. The largest absolute Gasteiger partial charge is 0.444 e. The van der Waals surface area contributed by atoms with Gasteiger partial charge >= 0.3 is 5.97 Å². The molecule has 1 aromatic rings. The summed E-state index contributed by atoms with van der Waals surface area (Å²) < 4.78 is 8.69. The molecular formula is C11H11I3NO2+. The maximum Gasteiger partial charge on any atom is 0.340 e. The summed E-state index contributed by atoms with van der Waals surface area (Å²) in [6.07, 6.45) is 0. The van der Waals surface area contributed by atoms with Crippen LogP contribution in [0.4, 0.5) is 0 Å². The minimum absolute atomic E-state index is 0.207. The van der Waals surface area contributed by atoms with E-state index < -0.39 is 0 Å². The van der Waals surface area contributed by atoms with Crippen LogP contribution in [0, 0.1) is 10.7 Å². The molecule has 1 saturated heterocycles. The quantitative estimate of drug-likeness (QED) is 0.336. The van der Waals surface area contributed by atoms with Gasteiger partial charge < -0.3 is 10.1 Å². The zero-order chi connectivity index (χ0) is 12.6. The topological polar surface area (TPSA) is 42.9 Å². The van der Waals surface area contributed by atoms with E-state index in [1.807, 2.05) is 13.0 Å². The van der Waals surface area contributed by atoms with Gasteiger partial charge in [-0.3, -0.25) is 0 Å². The van der Waals surface area contributed by atoms with Gasteiger partial charge in [0.15, 0.2) is 0 Å². The van der Waals surface area contributed by atoms with Crippen molar-refractivity contribution in [3.05, 3.63) is 28.4 Å². The second-order valence-corrected chi connectivity index (χ2v) is 7.77. The molecule has 1 aliphatic heterocycles. The predicted octanol–water partition coefficient (Wildman–Crippen LogP) is 1.99. The van der Waals surface area contributed by atoms with Crippen molar-refractivity contribution in [3.63, 3.8) is 0 Å². The molecule has 0 amide bonds. The highest BCUT2D eigenvalue weighted by Crippen LogP contribution is 2.25. The average Bonchev–Trinajstić information content (AvgIpc) is 2.21. The molecule has 0 saturated carbocycles. The number of rotatable bonds is 2. The molecule has 92 valence electrons. The highest BCUT2D eigenvalue weighted by molar-refractivity contribution is 14.1. The Morgan fingerprint density at radius 2 is 2.00 bits per heavy atom. The van der Waals surface area contributed by atoms with Crippen molar-refractivity contribution in [2.24, 2.45) is 0 Å². The Morgan fingerprint density at radius 1 is 1.35 bits per heavy atom. The van der Waals surface area contributed by atoms with Gasteiger partial charge in [-0.15, -0.1) is 0 Å². The summed E-state index contributed by atoms with van der Waals surface area (Å²) in [5.41, 5.74) is 0.391. The first kappa shape index (κ1) is 14.3. The van der Waals surface area contributed by atoms with E-state index in [1.54, 1.807) is 0 Å². The van der Waals surface area contributed by atoms with E-state index in [4.69, 9.17) is 4.74 Å². The fourth-order valence-electron chi connectivity index (χ4n) is 1.62. The highest BCUT2D eigenvalue weighted by atomic mass is 127. The van der Waals surface area contributed by atoms with Gasteiger partial charge in [-0.25, -0.2) is 4.79 Å². The lowest BCUT2D eigenvalue weighted by atomic mass is 10.00. The monoisotopic (exact) mass is 570 g/mol. The zero-order valence-electron chi connectivity index (χ0n) is 9.10. The van der Waals surface area contributed by atoms with Crippen molar-refractivity contribution in [2.45, 2.75) is 12.5 Å². The van der Waals surface area contributed by atoms with Crippen LogP contribution in [-0.4, -0.2) is 24.7 Å². The Morgan fingerprint density at radius 3 is 2.53 bits per heavy atom. The molecule has 1 fully saturated rings. The second kappa shape index (κ2) is 5.45. The normalized spacial score (nSPS) is 17.4. The summed E-state index contributed by atoms with van der Waals surface area (Å²) in [5.74, 6) is -0.207.